The predicted octanol–water partition coefficient (Wildman–Crippen LogP) is -0.644. The summed E-state index contributed by atoms with van der Waals surface area (Å²) in [5.74, 6) is -1.60. The maximum Gasteiger partial charge on any atom is 0.302 e. The zero-order valence-corrected chi connectivity index (χ0v) is 13.3. The Morgan fingerprint density at radius 1 is 1.17 bits per heavy atom. The van der Waals surface area contributed by atoms with Crippen LogP contribution in [0.1, 0.15) is 39.5 Å². The first-order valence-corrected chi connectivity index (χ1v) is 7.81. The fourth-order valence-corrected chi connectivity index (χ4v) is 3.37. The molecule has 2 aliphatic rings. The Balaban J connectivity index is 2.21. The fraction of sp³-hybridized carbons (Fsp3) is 0.800. The molecule has 1 aliphatic heterocycles. The van der Waals surface area contributed by atoms with Crippen molar-refractivity contribution in [1.82, 2.24) is 4.90 Å². The van der Waals surface area contributed by atoms with Gasteiger partial charge < -0.3 is 24.6 Å². The van der Waals surface area contributed by atoms with Crippen LogP contribution in [0.2, 0.25) is 0 Å². The molecule has 5 atom stereocenters. The topological polar surface area (TPSA) is 113 Å². The van der Waals surface area contributed by atoms with Crippen molar-refractivity contribution in [3.8, 4) is 0 Å². The average Bonchev–Trinajstić information content (AvgIpc) is 2.69. The second kappa shape index (κ2) is 7.27. The van der Waals surface area contributed by atoms with E-state index in [0.717, 1.165) is 12.8 Å². The molecule has 1 heterocycles. The third kappa shape index (κ3) is 3.81. The molecule has 8 nitrogen and oxygen atoms in total. The molecule has 23 heavy (non-hydrogen) atoms. The van der Waals surface area contributed by atoms with Crippen molar-refractivity contribution in [2.24, 2.45) is 0 Å². The summed E-state index contributed by atoms with van der Waals surface area (Å²) in [4.78, 5) is 36.0. The molecule has 2 fully saturated rings. The molecule has 8 heteroatoms. The number of aliphatic hydroxyl groups is 2. The van der Waals surface area contributed by atoms with Gasteiger partial charge in [-0.3, -0.25) is 14.4 Å². The summed E-state index contributed by atoms with van der Waals surface area (Å²) < 4.78 is 10.2. The number of hydrogen-bond donors (Lipinski definition) is 2. The number of rotatable bonds is 4. The van der Waals surface area contributed by atoms with E-state index in [1.807, 2.05) is 0 Å². The third-order valence-electron chi connectivity index (χ3n) is 4.38. The molecule has 0 aromatic carbocycles. The summed E-state index contributed by atoms with van der Waals surface area (Å²) >= 11 is 0. The number of hydrogen-bond acceptors (Lipinski definition) is 7. The summed E-state index contributed by atoms with van der Waals surface area (Å²) in [5, 5.41) is 20.0. The number of carbonyl (C=O) groups is 3. The lowest BCUT2D eigenvalue weighted by atomic mass is 9.90. The maximum atomic E-state index is 12.3. The van der Waals surface area contributed by atoms with Gasteiger partial charge in [-0.2, -0.15) is 0 Å². The van der Waals surface area contributed by atoms with E-state index < -0.39 is 48.2 Å². The second-order valence-electron chi connectivity index (χ2n) is 6.05. The van der Waals surface area contributed by atoms with Gasteiger partial charge in [0.25, 0.3) is 5.91 Å². The summed E-state index contributed by atoms with van der Waals surface area (Å²) in [6.07, 6.45) is -0.463. The number of ether oxygens (including phenoxy) is 2. The summed E-state index contributed by atoms with van der Waals surface area (Å²) in [5.41, 5.74) is 0. The first-order valence-electron chi connectivity index (χ1n) is 7.81. The summed E-state index contributed by atoms with van der Waals surface area (Å²) in [6, 6.07) is -1.28. The molecule has 1 saturated heterocycles. The van der Waals surface area contributed by atoms with Crippen molar-refractivity contribution in [2.75, 3.05) is 6.61 Å². The van der Waals surface area contributed by atoms with Gasteiger partial charge in [0, 0.05) is 13.8 Å². The van der Waals surface area contributed by atoms with Gasteiger partial charge in [-0.05, 0) is 19.3 Å². The van der Waals surface area contributed by atoms with E-state index in [9.17, 15) is 24.6 Å². The number of esters is 2. The number of nitrogens with zero attached hydrogens (tertiary/aromatic N) is 1. The van der Waals surface area contributed by atoms with Crippen LogP contribution in [0.5, 0.6) is 0 Å². The molecule has 0 aromatic rings. The van der Waals surface area contributed by atoms with Crippen molar-refractivity contribution in [1.29, 1.82) is 0 Å². The molecule has 0 radical (unpaired) electrons. The maximum absolute atomic E-state index is 12.3. The Morgan fingerprint density at radius 2 is 1.83 bits per heavy atom. The third-order valence-corrected chi connectivity index (χ3v) is 4.38. The highest BCUT2D eigenvalue weighted by molar-refractivity contribution is 5.85. The average molecular weight is 329 g/mol. The SMILES string of the molecule is CC(=O)OC[C@@H]1[C@@H](O)[C@@H](O)C(=O)N1[C@H]1CCCC[C@@H]1OC(C)=O. The van der Waals surface area contributed by atoms with E-state index in [4.69, 9.17) is 9.47 Å². The smallest absolute Gasteiger partial charge is 0.302 e. The lowest BCUT2D eigenvalue weighted by Crippen LogP contribution is -2.53. The molecule has 1 saturated carbocycles. The van der Waals surface area contributed by atoms with E-state index in [-0.39, 0.29) is 6.61 Å². The molecule has 0 spiro atoms. The van der Waals surface area contributed by atoms with Gasteiger partial charge in [-0.15, -0.1) is 0 Å². The zero-order valence-electron chi connectivity index (χ0n) is 13.3. The molecule has 130 valence electrons. The van der Waals surface area contributed by atoms with Crippen LogP contribution in [0, 0.1) is 0 Å². The van der Waals surface area contributed by atoms with Gasteiger partial charge in [-0.1, -0.05) is 6.42 Å². The first kappa shape index (κ1) is 17.7. The molecule has 2 rings (SSSR count). The molecule has 1 amide bonds. The number of aliphatic hydroxyl groups excluding tert-OH is 2. The Hall–Kier alpha value is -1.67. The molecule has 2 N–H and O–H groups in total. The minimum absolute atomic E-state index is 0.206. The number of amides is 1. The number of carbonyl (C=O) groups excluding carboxylic acids is 3. The first-order chi connectivity index (χ1) is 10.8. The highest BCUT2D eigenvalue weighted by Gasteiger charge is 2.51. The second-order valence-corrected chi connectivity index (χ2v) is 6.05. The van der Waals surface area contributed by atoms with Crippen LogP contribution in [0.3, 0.4) is 0 Å². The van der Waals surface area contributed by atoms with Crippen molar-refractivity contribution in [3.63, 3.8) is 0 Å². The Kier molecular flexibility index (Phi) is 5.59. The zero-order chi connectivity index (χ0) is 17.1. The van der Waals surface area contributed by atoms with Gasteiger partial charge in [0.1, 0.15) is 18.8 Å². The van der Waals surface area contributed by atoms with E-state index in [1.165, 1.54) is 18.7 Å². The molecular formula is C15H23NO7. The minimum Gasteiger partial charge on any atom is -0.464 e. The van der Waals surface area contributed by atoms with Crippen LogP contribution < -0.4 is 0 Å². The molecule has 0 bridgehead atoms. The van der Waals surface area contributed by atoms with Gasteiger partial charge >= 0.3 is 11.9 Å². The molecule has 0 aromatic heterocycles. The monoisotopic (exact) mass is 329 g/mol. The van der Waals surface area contributed by atoms with Crippen LogP contribution in [0.15, 0.2) is 0 Å². The van der Waals surface area contributed by atoms with Crippen LogP contribution in [-0.2, 0) is 23.9 Å². The summed E-state index contributed by atoms with van der Waals surface area (Å²) in [6.45, 7) is 2.33. The van der Waals surface area contributed by atoms with Gasteiger partial charge in [0.15, 0.2) is 6.10 Å². The largest absolute Gasteiger partial charge is 0.464 e. The fourth-order valence-electron chi connectivity index (χ4n) is 3.37. The minimum atomic E-state index is -1.56. The van der Waals surface area contributed by atoms with Gasteiger partial charge in [-0.25, -0.2) is 0 Å². The van der Waals surface area contributed by atoms with Gasteiger partial charge in [0.2, 0.25) is 0 Å². The lowest BCUT2D eigenvalue weighted by molar-refractivity contribution is -0.158. The molecule has 1 aliphatic carbocycles. The Morgan fingerprint density at radius 3 is 2.43 bits per heavy atom. The van der Waals surface area contributed by atoms with Crippen molar-refractivity contribution < 1.29 is 34.1 Å². The molecular weight excluding hydrogens is 306 g/mol. The van der Waals surface area contributed by atoms with Crippen molar-refractivity contribution in [2.45, 2.75) is 69.9 Å². The number of likely N-dealkylation sites (tertiary alicyclic amines) is 1. The Labute approximate surface area is 134 Å². The van der Waals surface area contributed by atoms with E-state index in [0.29, 0.717) is 12.8 Å². The van der Waals surface area contributed by atoms with Crippen molar-refractivity contribution in [3.05, 3.63) is 0 Å². The van der Waals surface area contributed by atoms with Crippen molar-refractivity contribution >= 4 is 17.8 Å². The van der Waals surface area contributed by atoms with Gasteiger partial charge in [0.05, 0.1) is 12.1 Å². The van der Waals surface area contributed by atoms with Crippen LogP contribution in [0.4, 0.5) is 0 Å². The molecule has 0 unspecified atom stereocenters. The predicted molar refractivity (Wildman–Crippen MR) is 77.1 cm³/mol. The van der Waals surface area contributed by atoms with Crippen LogP contribution >= 0.6 is 0 Å². The van der Waals surface area contributed by atoms with E-state index >= 15 is 0 Å². The van der Waals surface area contributed by atoms with Crippen LogP contribution in [0.25, 0.3) is 0 Å². The normalized spacial score (nSPS) is 34.3. The lowest BCUT2D eigenvalue weighted by Gasteiger charge is -2.40. The van der Waals surface area contributed by atoms with E-state index in [2.05, 4.69) is 0 Å². The standard InChI is InChI=1S/C15H23NO7/c1-8(17)22-7-11-13(19)14(20)15(21)16(11)10-5-3-4-6-12(10)23-9(2)18/h10-14,19-20H,3-7H2,1-2H3/t10-,11+,12-,13+,14+/m0/s1. The Bertz CT molecular complexity index is 480. The van der Waals surface area contributed by atoms with Crippen LogP contribution in [-0.4, -0.2) is 70.0 Å². The highest BCUT2D eigenvalue weighted by atomic mass is 16.5. The summed E-state index contributed by atoms with van der Waals surface area (Å²) in [7, 11) is 0. The van der Waals surface area contributed by atoms with E-state index in [1.54, 1.807) is 0 Å². The highest BCUT2D eigenvalue weighted by Crippen LogP contribution is 2.32. The quantitative estimate of drug-likeness (QED) is 0.659.